The quantitative estimate of drug-likeness (QED) is 0.674. The van der Waals surface area contributed by atoms with E-state index in [4.69, 9.17) is 0 Å². The van der Waals surface area contributed by atoms with Gasteiger partial charge in [-0.1, -0.05) is 17.4 Å². The number of hydrogen-bond acceptors (Lipinski definition) is 3. The minimum absolute atomic E-state index is 0.855. The van der Waals surface area contributed by atoms with E-state index in [9.17, 15) is 0 Å². The van der Waals surface area contributed by atoms with Gasteiger partial charge in [0.05, 0.1) is 11.9 Å². The van der Waals surface area contributed by atoms with Gasteiger partial charge in [0, 0.05) is 5.56 Å². The zero-order valence-electron chi connectivity index (χ0n) is 10.4. The van der Waals surface area contributed by atoms with Crippen molar-refractivity contribution in [3.05, 3.63) is 38.9 Å². The Hall–Kier alpha value is -1.20. The van der Waals surface area contributed by atoms with Crippen LogP contribution in [0.1, 0.15) is 16.7 Å². The third kappa shape index (κ3) is 1.87. The number of imidazole rings is 1. The largest absolute Gasteiger partial charge is 0.217 e. The van der Waals surface area contributed by atoms with E-state index in [1.54, 1.807) is 0 Å². The lowest BCUT2D eigenvalue weighted by molar-refractivity contribution is 0.959. The molecule has 0 fully saturated rings. The molecule has 0 aliphatic rings. The van der Waals surface area contributed by atoms with Gasteiger partial charge in [0.25, 0.3) is 0 Å². The smallest absolute Gasteiger partial charge is 0.213 e. The molecule has 0 N–H and O–H groups in total. The molecule has 0 aliphatic heterocycles. The molecule has 2 heterocycles. The predicted molar refractivity (Wildman–Crippen MR) is 78.2 cm³/mol. The van der Waals surface area contributed by atoms with Gasteiger partial charge in [-0.15, -0.1) is 5.10 Å². The van der Waals surface area contributed by atoms with Gasteiger partial charge in [0.2, 0.25) is 4.96 Å². The van der Waals surface area contributed by atoms with Crippen LogP contribution >= 0.6 is 27.3 Å². The zero-order chi connectivity index (χ0) is 12.9. The maximum Gasteiger partial charge on any atom is 0.213 e. The van der Waals surface area contributed by atoms with Gasteiger partial charge in [-0.05, 0) is 59.5 Å². The first kappa shape index (κ1) is 11.9. The first-order valence-corrected chi connectivity index (χ1v) is 7.25. The van der Waals surface area contributed by atoms with E-state index in [-0.39, 0.29) is 0 Å². The molecule has 5 heteroatoms. The Labute approximate surface area is 118 Å². The van der Waals surface area contributed by atoms with Gasteiger partial charge >= 0.3 is 0 Å². The lowest BCUT2D eigenvalue weighted by Gasteiger charge is -2.07. The third-order valence-corrected chi connectivity index (χ3v) is 4.49. The molecule has 18 heavy (non-hydrogen) atoms. The van der Waals surface area contributed by atoms with Crippen molar-refractivity contribution < 1.29 is 0 Å². The van der Waals surface area contributed by atoms with E-state index in [0.717, 1.165) is 14.6 Å². The Morgan fingerprint density at radius 3 is 2.56 bits per heavy atom. The minimum atomic E-state index is 0.855. The van der Waals surface area contributed by atoms with Crippen molar-refractivity contribution in [1.29, 1.82) is 0 Å². The van der Waals surface area contributed by atoms with E-state index < -0.39 is 0 Å². The van der Waals surface area contributed by atoms with Crippen molar-refractivity contribution in [3.63, 3.8) is 0 Å². The number of aromatic nitrogens is 3. The highest BCUT2D eigenvalue weighted by molar-refractivity contribution is 9.11. The molecule has 92 valence electrons. The van der Waals surface area contributed by atoms with Crippen LogP contribution in [0.4, 0.5) is 0 Å². The lowest BCUT2D eigenvalue weighted by Crippen LogP contribution is -1.89. The van der Waals surface area contributed by atoms with Gasteiger partial charge in [-0.3, -0.25) is 0 Å². The van der Waals surface area contributed by atoms with Crippen molar-refractivity contribution in [2.75, 3.05) is 0 Å². The summed E-state index contributed by atoms with van der Waals surface area (Å²) in [5.74, 6) is 0. The highest BCUT2D eigenvalue weighted by Gasteiger charge is 2.11. The van der Waals surface area contributed by atoms with E-state index in [2.05, 4.69) is 58.9 Å². The molecule has 0 saturated heterocycles. The van der Waals surface area contributed by atoms with Crippen molar-refractivity contribution >= 4 is 32.2 Å². The first-order valence-electron chi connectivity index (χ1n) is 5.64. The van der Waals surface area contributed by atoms with Gasteiger partial charge in [-0.2, -0.15) is 0 Å². The van der Waals surface area contributed by atoms with Crippen LogP contribution in [0.3, 0.4) is 0 Å². The van der Waals surface area contributed by atoms with Crippen molar-refractivity contribution in [2.45, 2.75) is 20.8 Å². The molecule has 0 radical (unpaired) electrons. The summed E-state index contributed by atoms with van der Waals surface area (Å²) in [6, 6.07) is 4.41. The number of halogens is 1. The maximum atomic E-state index is 4.62. The summed E-state index contributed by atoms with van der Waals surface area (Å²) in [6.07, 6.45) is 1.98. The second-order valence-electron chi connectivity index (χ2n) is 4.46. The number of rotatable bonds is 1. The second kappa shape index (κ2) is 4.17. The molecular formula is C13H12BrN3S. The zero-order valence-corrected chi connectivity index (χ0v) is 12.8. The average Bonchev–Trinajstić information content (AvgIpc) is 2.80. The Kier molecular flexibility index (Phi) is 2.75. The van der Waals surface area contributed by atoms with Crippen LogP contribution in [0.2, 0.25) is 0 Å². The van der Waals surface area contributed by atoms with Crippen LogP contribution in [0.5, 0.6) is 0 Å². The predicted octanol–water partition coefficient (Wildman–Crippen LogP) is 4.15. The topological polar surface area (TPSA) is 30.2 Å². The monoisotopic (exact) mass is 321 g/mol. The van der Waals surface area contributed by atoms with Crippen molar-refractivity contribution in [3.8, 4) is 11.3 Å². The molecule has 0 spiro atoms. The molecule has 3 rings (SSSR count). The summed E-state index contributed by atoms with van der Waals surface area (Å²) >= 11 is 4.91. The fourth-order valence-electron chi connectivity index (χ4n) is 2.04. The molecule has 2 aromatic heterocycles. The van der Waals surface area contributed by atoms with Gasteiger partial charge < -0.3 is 0 Å². The van der Waals surface area contributed by atoms with Crippen LogP contribution in [0, 0.1) is 20.8 Å². The van der Waals surface area contributed by atoms with E-state index >= 15 is 0 Å². The summed E-state index contributed by atoms with van der Waals surface area (Å²) < 4.78 is 2.67. The summed E-state index contributed by atoms with van der Waals surface area (Å²) in [4.78, 5) is 5.54. The molecular weight excluding hydrogens is 310 g/mol. The molecule has 0 unspecified atom stereocenters. The number of fused-ring (bicyclic) bond motifs is 1. The fourth-order valence-corrected chi connectivity index (χ4v) is 3.26. The highest BCUT2D eigenvalue weighted by atomic mass is 79.9. The number of nitrogens with zero attached hydrogens (tertiary/aromatic N) is 3. The standard InChI is InChI=1S/C13H12BrN3S/c1-7-4-9(3)10(5-8(7)2)11-6-17-13(15-11)18-12(14)16-17/h4-6H,1-3H3. The lowest BCUT2D eigenvalue weighted by atomic mass is 9.99. The van der Waals surface area contributed by atoms with E-state index in [1.165, 1.54) is 33.6 Å². The molecule has 0 amide bonds. The normalized spacial score (nSPS) is 11.3. The second-order valence-corrected chi connectivity index (χ2v) is 6.69. The number of aryl methyl sites for hydroxylation is 3. The fraction of sp³-hybridized carbons (Fsp3) is 0.231. The number of hydrogen-bond donors (Lipinski definition) is 0. The Bertz CT molecular complexity index is 711. The molecule has 0 aliphatic carbocycles. The Morgan fingerprint density at radius 2 is 1.83 bits per heavy atom. The Morgan fingerprint density at radius 1 is 1.11 bits per heavy atom. The van der Waals surface area contributed by atoms with Crippen LogP contribution in [-0.2, 0) is 0 Å². The van der Waals surface area contributed by atoms with Gasteiger partial charge in [0.1, 0.15) is 0 Å². The highest BCUT2D eigenvalue weighted by Crippen LogP contribution is 2.28. The maximum absolute atomic E-state index is 4.62. The SMILES string of the molecule is Cc1cc(C)c(-c2cn3nc(Br)sc3n2)cc1C. The van der Waals surface area contributed by atoms with Crippen molar-refractivity contribution in [1.82, 2.24) is 14.6 Å². The minimum Gasteiger partial charge on any atom is -0.217 e. The van der Waals surface area contributed by atoms with Crippen LogP contribution in [0.15, 0.2) is 22.2 Å². The third-order valence-electron chi connectivity index (χ3n) is 3.14. The average molecular weight is 322 g/mol. The van der Waals surface area contributed by atoms with Crippen LogP contribution in [0.25, 0.3) is 16.2 Å². The summed E-state index contributed by atoms with van der Waals surface area (Å²) in [6.45, 7) is 6.39. The van der Waals surface area contributed by atoms with Gasteiger partial charge in [-0.25, -0.2) is 9.50 Å². The van der Waals surface area contributed by atoms with Gasteiger partial charge in [0.15, 0.2) is 3.92 Å². The summed E-state index contributed by atoms with van der Waals surface area (Å²) in [7, 11) is 0. The molecule has 3 aromatic rings. The van der Waals surface area contributed by atoms with E-state index in [1.807, 2.05) is 10.7 Å². The summed E-state index contributed by atoms with van der Waals surface area (Å²) in [5.41, 5.74) is 6.04. The molecule has 0 saturated carbocycles. The molecule has 0 atom stereocenters. The number of benzene rings is 1. The van der Waals surface area contributed by atoms with Crippen LogP contribution in [-0.4, -0.2) is 14.6 Å². The molecule has 3 nitrogen and oxygen atoms in total. The van der Waals surface area contributed by atoms with E-state index in [0.29, 0.717) is 0 Å². The molecule has 1 aromatic carbocycles. The van der Waals surface area contributed by atoms with Crippen molar-refractivity contribution in [2.24, 2.45) is 0 Å². The van der Waals surface area contributed by atoms with Crippen LogP contribution < -0.4 is 0 Å². The summed E-state index contributed by atoms with van der Waals surface area (Å²) in [5, 5.41) is 4.32. The molecule has 0 bridgehead atoms. The Balaban J connectivity index is 2.19. The first-order chi connectivity index (χ1) is 8.54.